The van der Waals surface area contributed by atoms with Gasteiger partial charge in [-0.1, -0.05) is 11.6 Å². The fourth-order valence-electron chi connectivity index (χ4n) is 1.88. The van der Waals surface area contributed by atoms with Gasteiger partial charge in [0.2, 0.25) is 15.9 Å². The van der Waals surface area contributed by atoms with Gasteiger partial charge in [-0.3, -0.25) is 9.69 Å². The van der Waals surface area contributed by atoms with E-state index in [1.54, 1.807) is 0 Å². The number of hydrogen-bond acceptors (Lipinski definition) is 4. The molecule has 0 bridgehead atoms. The molecule has 0 spiro atoms. The zero-order valence-electron chi connectivity index (χ0n) is 10.3. The first-order valence-electron chi connectivity index (χ1n) is 5.55. The number of rotatable bonds is 2. The van der Waals surface area contributed by atoms with Crippen LogP contribution in [-0.2, 0) is 21.0 Å². The molecule has 1 saturated heterocycles. The molecule has 1 aliphatic rings. The lowest BCUT2D eigenvalue weighted by Crippen LogP contribution is -2.32. The maximum absolute atomic E-state index is 12.5. The average Bonchev–Trinajstić information content (AvgIpc) is 2.70. The molecule has 1 atom stereocenters. The fourth-order valence-corrected chi connectivity index (χ4v) is 2.88. The predicted molar refractivity (Wildman–Crippen MR) is 68.1 cm³/mol. The van der Waals surface area contributed by atoms with Crippen LogP contribution in [0.2, 0.25) is 5.02 Å². The van der Waals surface area contributed by atoms with E-state index in [2.05, 4.69) is 4.98 Å². The summed E-state index contributed by atoms with van der Waals surface area (Å²) in [4.78, 5) is 16.2. The molecule has 21 heavy (non-hydrogen) atoms. The second-order valence-corrected chi connectivity index (χ2v) is 6.70. The first-order valence-corrected chi connectivity index (χ1v) is 7.53. The molecule has 0 aromatic carbocycles. The summed E-state index contributed by atoms with van der Waals surface area (Å²) < 4.78 is 59.9. The highest BCUT2D eigenvalue weighted by Crippen LogP contribution is 2.35. The second-order valence-electron chi connectivity index (χ2n) is 4.45. The maximum atomic E-state index is 12.5. The summed E-state index contributed by atoms with van der Waals surface area (Å²) in [5.41, 5.74) is -1.06. The summed E-state index contributed by atoms with van der Waals surface area (Å²) in [5, 5.41) is 3.42. The van der Waals surface area contributed by atoms with Gasteiger partial charge in [0.15, 0.2) is 5.82 Å². The van der Waals surface area contributed by atoms with Crippen molar-refractivity contribution in [3.05, 3.63) is 22.8 Å². The van der Waals surface area contributed by atoms with Crippen molar-refractivity contribution in [1.82, 2.24) is 4.98 Å². The molecule has 1 aromatic rings. The Kier molecular flexibility index (Phi) is 3.89. The summed E-state index contributed by atoms with van der Waals surface area (Å²) >= 11 is 5.71. The molecule has 1 aromatic heterocycles. The van der Waals surface area contributed by atoms with Crippen LogP contribution in [0.15, 0.2) is 12.3 Å². The van der Waals surface area contributed by atoms with Crippen LogP contribution in [-0.4, -0.2) is 31.1 Å². The van der Waals surface area contributed by atoms with Crippen molar-refractivity contribution in [3.8, 4) is 0 Å². The normalized spacial score (nSPS) is 20.1. The van der Waals surface area contributed by atoms with Crippen LogP contribution in [0.4, 0.5) is 19.0 Å². The van der Waals surface area contributed by atoms with Crippen LogP contribution in [0, 0.1) is 0 Å². The Morgan fingerprint density at radius 2 is 2.05 bits per heavy atom. The van der Waals surface area contributed by atoms with Crippen molar-refractivity contribution in [1.29, 1.82) is 0 Å². The molecule has 11 heteroatoms. The van der Waals surface area contributed by atoms with Crippen molar-refractivity contribution in [2.45, 2.75) is 17.8 Å². The minimum absolute atomic E-state index is 0.221. The van der Waals surface area contributed by atoms with Crippen LogP contribution in [0.1, 0.15) is 12.0 Å². The average molecular weight is 344 g/mol. The molecule has 116 valence electrons. The zero-order valence-corrected chi connectivity index (χ0v) is 11.8. The van der Waals surface area contributed by atoms with E-state index in [-0.39, 0.29) is 18.8 Å². The van der Waals surface area contributed by atoms with E-state index < -0.39 is 37.9 Å². The van der Waals surface area contributed by atoms with Gasteiger partial charge >= 0.3 is 6.18 Å². The second kappa shape index (κ2) is 5.11. The van der Waals surface area contributed by atoms with Crippen LogP contribution in [0.5, 0.6) is 0 Å². The number of sulfonamides is 1. The molecule has 0 radical (unpaired) electrons. The van der Waals surface area contributed by atoms with E-state index in [4.69, 9.17) is 16.7 Å². The number of carbonyl (C=O) groups excluding carboxylic acids is 1. The monoisotopic (exact) mass is 343 g/mol. The van der Waals surface area contributed by atoms with Gasteiger partial charge in [0.05, 0.1) is 10.6 Å². The number of anilines is 1. The third kappa shape index (κ3) is 3.27. The van der Waals surface area contributed by atoms with E-state index in [0.717, 1.165) is 4.90 Å². The number of pyridine rings is 1. The third-order valence-corrected chi connectivity index (χ3v) is 4.48. The van der Waals surface area contributed by atoms with Gasteiger partial charge in [-0.25, -0.2) is 18.5 Å². The number of carbonyl (C=O) groups is 1. The minimum Gasteiger partial charge on any atom is -0.294 e. The zero-order chi connectivity index (χ0) is 16.0. The first kappa shape index (κ1) is 16.0. The number of nitrogens with two attached hydrogens (primary N) is 1. The van der Waals surface area contributed by atoms with E-state index in [0.29, 0.717) is 12.3 Å². The molecule has 2 rings (SSSR count). The lowest BCUT2D eigenvalue weighted by molar-refractivity contribution is -0.137. The summed E-state index contributed by atoms with van der Waals surface area (Å²) in [5.74, 6) is -0.844. The van der Waals surface area contributed by atoms with E-state index in [1.165, 1.54) is 0 Å². The van der Waals surface area contributed by atoms with Crippen molar-refractivity contribution in [2.75, 3.05) is 11.4 Å². The van der Waals surface area contributed by atoms with Crippen LogP contribution >= 0.6 is 11.6 Å². The Balaban J connectivity index is 2.34. The van der Waals surface area contributed by atoms with Crippen LogP contribution in [0.25, 0.3) is 0 Å². The first-order chi connectivity index (χ1) is 9.50. The standard InChI is InChI=1S/C10H9ClF3N3O3S/c11-7-1-5(10(12,13)14)3-16-9(7)17-4-6(2-8(17)18)21(15,19)20/h1,3,6H,2,4H2,(H2,15,19,20). The Morgan fingerprint density at radius 1 is 1.43 bits per heavy atom. The highest BCUT2D eigenvalue weighted by atomic mass is 35.5. The number of nitrogens with zero attached hydrogens (tertiary/aromatic N) is 2. The molecule has 1 fully saturated rings. The Morgan fingerprint density at radius 3 is 2.48 bits per heavy atom. The lowest BCUT2D eigenvalue weighted by Gasteiger charge is -2.17. The molecule has 2 heterocycles. The van der Waals surface area contributed by atoms with Crippen molar-refractivity contribution >= 4 is 33.3 Å². The molecular weight excluding hydrogens is 335 g/mol. The number of aromatic nitrogens is 1. The largest absolute Gasteiger partial charge is 0.417 e. The number of hydrogen-bond donors (Lipinski definition) is 1. The Bertz CT molecular complexity index is 693. The van der Waals surface area contributed by atoms with Gasteiger partial charge in [0.25, 0.3) is 0 Å². The number of primary sulfonamides is 1. The fraction of sp³-hybridized carbons (Fsp3) is 0.400. The summed E-state index contributed by atoms with van der Waals surface area (Å²) in [6.45, 7) is -0.296. The van der Waals surface area contributed by atoms with Crippen molar-refractivity contribution in [2.24, 2.45) is 5.14 Å². The third-order valence-electron chi connectivity index (χ3n) is 2.96. The van der Waals surface area contributed by atoms with Gasteiger partial charge in [0.1, 0.15) is 5.25 Å². The van der Waals surface area contributed by atoms with Crippen LogP contribution in [0.3, 0.4) is 0 Å². The molecular formula is C10H9ClF3N3O3S. The van der Waals surface area contributed by atoms with Crippen molar-refractivity contribution < 1.29 is 26.4 Å². The Hall–Kier alpha value is -1.39. The molecule has 1 unspecified atom stereocenters. The number of amides is 1. The summed E-state index contributed by atoms with van der Waals surface area (Å²) in [7, 11) is -3.93. The quantitative estimate of drug-likeness (QED) is 0.871. The summed E-state index contributed by atoms with van der Waals surface area (Å²) in [6, 6.07) is 0.626. The summed E-state index contributed by atoms with van der Waals surface area (Å²) in [6.07, 6.45) is -4.45. The van der Waals surface area contributed by atoms with E-state index >= 15 is 0 Å². The predicted octanol–water partition coefficient (Wildman–Crippen LogP) is 1.15. The molecule has 0 saturated carbocycles. The highest BCUT2D eigenvalue weighted by molar-refractivity contribution is 7.89. The topological polar surface area (TPSA) is 93.4 Å². The van der Waals surface area contributed by atoms with Gasteiger partial charge in [0, 0.05) is 19.2 Å². The smallest absolute Gasteiger partial charge is 0.294 e. The van der Waals surface area contributed by atoms with Gasteiger partial charge in [-0.15, -0.1) is 0 Å². The SMILES string of the molecule is NS(=O)(=O)C1CC(=O)N(c2ncc(C(F)(F)F)cc2Cl)C1. The van der Waals surface area contributed by atoms with Gasteiger partial charge < -0.3 is 0 Å². The Labute approximate surface area is 122 Å². The number of alkyl halides is 3. The maximum Gasteiger partial charge on any atom is 0.417 e. The van der Waals surface area contributed by atoms with Crippen LogP contribution < -0.4 is 10.0 Å². The number of halogens is 4. The van der Waals surface area contributed by atoms with E-state index in [9.17, 15) is 26.4 Å². The molecule has 0 aliphatic carbocycles. The van der Waals surface area contributed by atoms with Crippen molar-refractivity contribution in [3.63, 3.8) is 0 Å². The molecule has 2 N–H and O–H groups in total. The molecule has 1 amide bonds. The van der Waals surface area contributed by atoms with Gasteiger partial charge in [-0.05, 0) is 6.07 Å². The lowest BCUT2D eigenvalue weighted by atomic mass is 10.2. The molecule has 6 nitrogen and oxygen atoms in total. The minimum atomic E-state index is -4.62. The van der Waals surface area contributed by atoms with E-state index in [1.807, 2.05) is 0 Å². The highest BCUT2D eigenvalue weighted by Gasteiger charge is 2.39. The van der Waals surface area contributed by atoms with Gasteiger partial charge in [-0.2, -0.15) is 13.2 Å². The molecule has 1 aliphatic heterocycles.